The monoisotopic (exact) mass is 406 g/mol. The molecule has 0 heterocycles. The minimum atomic E-state index is -0.372. The van der Waals surface area contributed by atoms with Crippen LogP contribution in [0.1, 0.15) is 68.6 Å². The molecule has 0 N–H and O–H groups in total. The molecular weight excluding hydrogens is 374 g/mol. The van der Waals surface area contributed by atoms with Crippen LogP contribution in [0.25, 0.3) is 0 Å². The molecule has 0 aliphatic heterocycles. The molecule has 152 valence electrons. The van der Waals surface area contributed by atoms with Gasteiger partial charge in [0.05, 0.1) is 5.75 Å². The Morgan fingerprint density at radius 1 is 0.828 bits per heavy atom. The molecule has 0 radical (unpaired) electrons. The molecule has 0 fully saturated rings. The van der Waals surface area contributed by atoms with Crippen molar-refractivity contribution in [2.45, 2.75) is 73.5 Å². The van der Waals surface area contributed by atoms with Gasteiger partial charge in [0.2, 0.25) is 0 Å². The van der Waals surface area contributed by atoms with Crippen LogP contribution >= 0.6 is 8.58 Å². The summed E-state index contributed by atoms with van der Waals surface area (Å²) < 4.78 is 12.2. The van der Waals surface area contributed by atoms with Crippen molar-refractivity contribution in [3.63, 3.8) is 0 Å². The summed E-state index contributed by atoms with van der Waals surface area (Å²) in [6.07, 6.45) is 0. The first-order valence-electron chi connectivity index (χ1n) is 9.61. The average Bonchev–Trinajstić information content (AvgIpc) is 2.45. The number of hydrogen-bond acceptors (Lipinski definition) is 3. The van der Waals surface area contributed by atoms with E-state index in [1.165, 1.54) is 5.56 Å². The predicted octanol–water partition coefficient (Wildman–Crippen LogP) is 3.38. The zero-order chi connectivity index (χ0) is 21.3. The van der Waals surface area contributed by atoms with Gasteiger partial charge in [0.25, 0.3) is 0 Å². The molecule has 0 atom stereocenters. The van der Waals surface area contributed by atoms with Crippen LogP contribution in [0.4, 0.5) is 0 Å². The normalized spacial score (nSPS) is 12.0. The Hall–Kier alpha value is -1.26. The zero-order valence-corrected chi connectivity index (χ0v) is 20.5. The Balaban J connectivity index is 0.00000420. The Bertz CT molecular complexity index is 854. The number of rotatable bonds is 5. The second-order valence-electron chi connectivity index (χ2n) is 9.25. The van der Waals surface area contributed by atoms with Gasteiger partial charge in [-0.1, -0.05) is 23.8 Å². The molecule has 2 aromatic rings. The van der Waals surface area contributed by atoms with Crippen molar-refractivity contribution in [2.24, 2.45) is 0 Å². The van der Waals surface area contributed by atoms with E-state index >= 15 is 0 Å². The maximum atomic E-state index is 13.1. The quantitative estimate of drug-likeness (QED) is 0.564. The van der Waals surface area contributed by atoms with Gasteiger partial charge in [-0.15, -0.1) is 0 Å². The van der Waals surface area contributed by atoms with E-state index in [0.717, 1.165) is 27.7 Å². The van der Waals surface area contributed by atoms with Crippen LogP contribution in [-0.4, -0.2) is 16.7 Å². The summed E-state index contributed by atoms with van der Waals surface area (Å²) in [6.45, 7) is 18.1. The Morgan fingerprint density at radius 2 is 1.34 bits per heavy atom. The van der Waals surface area contributed by atoms with Gasteiger partial charge in [0, 0.05) is 11.6 Å². The van der Waals surface area contributed by atoms with E-state index in [4.69, 9.17) is 9.47 Å². The van der Waals surface area contributed by atoms with Crippen LogP contribution < -0.4 is 33.6 Å². The Kier molecular flexibility index (Phi) is 8.62. The fourth-order valence-corrected chi connectivity index (χ4v) is 4.15. The predicted molar refractivity (Wildman–Crippen MR) is 119 cm³/mol. The second-order valence-corrected chi connectivity index (χ2v) is 10.4. The van der Waals surface area contributed by atoms with Gasteiger partial charge in [-0.2, -0.15) is 5.30 Å². The molecule has 0 bridgehead atoms. The largest absolute Gasteiger partial charge is 1.00 e. The number of hydrogen-bond donors (Lipinski definition) is 0. The van der Waals surface area contributed by atoms with Crippen molar-refractivity contribution in [1.82, 2.24) is 0 Å². The second kappa shape index (κ2) is 9.70. The third-order valence-electron chi connectivity index (χ3n) is 3.88. The molecule has 0 unspecified atom stereocenters. The fraction of sp³-hybridized carbons (Fsp3) is 0.458. The number of carbonyl (C=O) groups excluding carboxylic acids is 1. The molecule has 29 heavy (non-hydrogen) atoms. The van der Waals surface area contributed by atoms with E-state index in [1.807, 2.05) is 73.6 Å². The summed E-state index contributed by atoms with van der Waals surface area (Å²) in [5, 5.41) is 0.848. The number of aryl methyl sites for hydroxylation is 3. The van der Waals surface area contributed by atoms with Crippen LogP contribution in [0.3, 0.4) is 0 Å². The number of benzene rings is 2. The molecule has 0 aliphatic carbocycles. The van der Waals surface area contributed by atoms with E-state index in [-0.39, 0.29) is 35.6 Å². The van der Waals surface area contributed by atoms with Crippen LogP contribution in [0, 0.1) is 20.8 Å². The topological polar surface area (TPSA) is 35.5 Å². The van der Waals surface area contributed by atoms with Gasteiger partial charge < -0.3 is 22.8 Å². The number of ether oxygens (including phenoxy) is 2. The van der Waals surface area contributed by atoms with Crippen molar-refractivity contribution in [3.05, 3.63) is 52.6 Å². The first kappa shape index (κ1) is 25.8. The van der Waals surface area contributed by atoms with E-state index in [9.17, 15) is 4.79 Å². The van der Waals surface area contributed by atoms with Crippen LogP contribution in [0.5, 0.6) is 11.5 Å². The van der Waals surface area contributed by atoms with Gasteiger partial charge in [-0.05, 0) is 85.1 Å². The van der Waals surface area contributed by atoms with Crippen molar-refractivity contribution in [2.75, 3.05) is 0 Å². The van der Waals surface area contributed by atoms with Crippen molar-refractivity contribution in [3.8, 4) is 11.5 Å². The van der Waals surface area contributed by atoms with E-state index < -0.39 is 0 Å². The maximum Gasteiger partial charge on any atom is 1.00 e. The van der Waals surface area contributed by atoms with E-state index in [0.29, 0.717) is 14.3 Å². The van der Waals surface area contributed by atoms with Gasteiger partial charge in [-0.3, -0.25) is 0 Å². The van der Waals surface area contributed by atoms with Crippen molar-refractivity contribution < 1.29 is 33.1 Å². The summed E-state index contributed by atoms with van der Waals surface area (Å²) in [5.41, 5.74) is 3.40. The first-order valence-corrected chi connectivity index (χ1v) is 10.5. The van der Waals surface area contributed by atoms with Gasteiger partial charge in [0.15, 0.2) is 0 Å². The van der Waals surface area contributed by atoms with E-state index in [2.05, 4.69) is 19.1 Å². The van der Waals surface area contributed by atoms with Crippen molar-refractivity contribution >= 4 is 19.4 Å². The molecule has 0 aromatic heterocycles. The molecule has 0 amide bonds. The Morgan fingerprint density at radius 3 is 1.83 bits per heavy atom. The van der Waals surface area contributed by atoms with Crippen LogP contribution in [0.15, 0.2) is 30.3 Å². The molecule has 2 aromatic carbocycles. The minimum Gasteiger partial charge on any atom is -0.490 e. The van der Waals surface area contributed by atoms with E-state index in [1.54, 1.807) is 0 Å². The summed E-state index contributed by atoms with van der Waals surface area (Å²) in [4.78, 5) is 13.1. The Labute approximate surface area is 189 Å². The first-order chi connectivity index (χ1) is 12.7. The SMILES string of the molecule is Cc1cc(C)c(C(=O)[P-]c2ccc(OC(C)(C)C)cc2OC(C)(C)C)c(C)c1.[Li+]. The molecule has 0 aliphatic rings. The fourth-order valence-electron chi connectivity index (χ4n) is 3.10. The molecule has 0 saturated carbocycles. The summed E-state index contributed by atoms with van der Waals surface area (Å²) >= 11 is 0. The minimum absolute atomic E-state index is 0. The molecular formula is C24H32LiO3P. The van der Waals surface area contributed by atoms with Gasteiger partial charge >= 0.3 is 18.9 Å². The number of carbonyl (C=O) groups is 1. The molecule has 5 heteroatoms. The van der Waals surface area contributed by atoms with Gasteiger partial charge in [-0.25, -0.2) is 0 Å². The zero-order valence-electron chi connectivity index (χ0n) is 19.6. The van der Waals surface area contributed by atoms with Gasteiger partial charge in [0.1, 0.15) is 17.0 Å². The maximum absolute atomic E-state index is 13.1. The summed E-state index contributed by atoms with van der Waals surface area (Å²) in [6, 6.07) is 9.85. The molecule has 0 saturated heterocycles. The van der Waals surface area contributed by atoms with Crippen LogP contribution in [0.2, 0.25) is 0 Å². The smallest absolute Gasteiger partial charge is 0.490 e. The third-order valence-corrected chi connectivity index (χ3v) is 4.92. The summed E-state index contributed by atoms with van der Waals surface area (Å²) in [5.74, 6) is 1.42. The third kappa shape index (κ3) is 7.82. The standard InChI is InChI=1S/C24H32O3P.Li/c1-15-12-16(2)21(17(3)13-15)22(25)28-20-11-10-18(26-23(4,5)6)14-19(20)27-24(7,8)9;/h10-14H,1-9H3;/q-1;+1. The summed E-state index contributed by atoms with van der Waals surface area (Å²) in [7, 11) is 0.600. The molecule has 0 spiro atoms. The molecule has 2 rings (SSSR count). The average molecular weight is 406 g/mol. The van der Waals surface area contributed by atoms with Crippen molar-refractivity contribution in [1.29, 1.82) is 0 Å². The van der Waals surface area contributed by atoms with Crippen LogP contribution in [-0.2, 0) is 0 Å². The molecule has 3 nitrogen and oxygen atoms in total.